The van der Waals surface area contributed by atoms with E-state index in [9.17, 15) is 0 Å². The van der Waals surface area contributed by atoms with Crippen LogP contribution in [0.3, 0.4) is 0 Å². The maximum atomic E-state index is 9.04. The van der Waals surface area contributed by atoms with Gasteiger partial charge in [-0.1, -0.05) is 11.6 Å². The molecule has 0 amide bonds. The van der Waals surface area contributed by atoms with Crippen LogP contribution in [0.4, 0.5) is 0 Å². The van der Waals surface area contributed by atoms with E-state index in [1.807, 2.05) is 0 Å². The van der Waals surface area contributed by atoms with Crippen molar-refractivity contribution in [3.05, 3.63) is 0 Å². The summed E-state index contributed by atoms with van der Waals surface area (Å²) in [5.74, 6) is 0. The van der Waals surface area contributed by atoms with Gasteiger partial charge in [0.2, 0.25) is 0 Å². The van der Waals surface area contributed by atoms with Gasteiger partial charge in [-0.25, -0.2) is 0 Å². The van der Waals surface area contributed by atoms with Crippen LogP contribution in [0.15, 0.2) is 0 Å². The molecule has 0 spiro atoms. The molecule has 0 heterocycles. The lowest BCUT2D eigenvalue weighted by molar-refractivity contribution is -0.128. The summed E-state index contributed by atoms with van der Waals surface area (Å²) in [6.45, 7) is -0.774. The normalized spacial score (nSPS) is 23.3. The first-order valence-corrected chi connectivity index (χ1v) is 4.00. The molecule has 0 bridgehead atoms. The third kappa shape index (κ3) is 3.74. The van der Waals surface area contributed by atoms with E-state index >= 15 is 0 Å². The van der Waals surface area contributed by atoms with E-state index in [2.05, 4.69) is 0 Å². The summed E-state index contributed by atoms with van der Waals surface area (Å²) in [6, 6.07) is 0. The third-order valence-corrected chi connectivity index (χ3v) is 1.82. The van der Waals surface area contributed by atoms with Gasteiger partial charge in [0, 0.05) is 0 Å². The predicted octanol–water partition coefficient (Wildman–Crippen LogP) is -3.02. The first-order valence-electron chi connectivity index (χ1n) is 3.57. The van der Waals surface area contributed by atoms with Crippen LogP contribution in [0.5, 0.6) is 0 Å². The molecule has 0 aromatic heterocycles. The van der Waals surface area contributed by atoms with Crippen LogP contribution >= 0.6 is 11.6 Å². The Kier molecular flexibility index (Phi) is 5.73. The highest BCUT2D eigenvalue weighted by Gasteiger charge is 2.33. The molecule has 0 fully saturated rings. The van der Waals surface area contributed by atoms with E-state index in [-0.39, 0.29) is 0 Å². The Morgan fingerprint density at radius 2 is 1.31 bits per heavy atom. The zero-order valence-corrected chi connectivity index (χ0v) is 7.41. The Labute approximate surface area is 79.6 Å². The molecule has 0 aromatic carbocycles. The molecule has 0 saturated heterocycles. The maximum absolute atomic E-state index is 9.04. The van der Waals surface area contributed by atoms with E-state index < -0.39 is 36.6 Å². The van der Waals surface area contributed by atoms with Crippen LogP contribution in [0.1, 0.15) is 0 Å². The van der Waals surface area contributed by atoms with E-state index in [0.29, 0.717) is 0 Å². The Morgan fingerprint density at radius 1 is 0.846 bits per heavy atom. The molecular weight excluding hydrogens is 204 g/mol. The smallest absolute Gasteiger partial charge is 0.156 e. The van der Waals surface area contributed by atoms with Crippen LogP contribution in [0, 0.1) is 0 Å². The molecule has 80 valence electrons. The van der Waals surface area contributed by atoms with Crippen molar-refractivity contribution in [1.82, 2.24) is 0 Å². The molecule has 0 saturated carbocycles. The van der Waals surface area contributed by atoms with Gasteiger partial charge in [0.05, 0.1) is 6.61 Å². The van der Waals surface area contributed by atoms with Gasteiger partial charge in [0.15, 0.2) is 5.56 Å². The second-order valence-electron chi connectivity index (χ2n) is 2.59. The predicted molar refractivity (Wildman–Crippen MR) is 43.0 cm³/mol. The minimum absolute atomic E-state index is 0.774. The third-order valence-electron chi connectivity index (χ3n) is 1.56. The van der Waals surface area contributed by atoms with Crippen LogP contribution in [0.2, 0.25) is 0 Å². The van der Waals surface area contributed by atoms with Crippen molar-refractivity contribution in [2.75, 3.05) is 6.61 Å². The van der Waals surface area contributed by atoms with Crippen molar-refractivity contribution in [3.8, 4) is 0 Å². The topological polar surface area (TPSA) is 121 Å². The average Bonchev–Trinajstić information content (AvgIpc) is 2.12. The second kappa shape index (κ2) is 5.71. The summed E-state index contributed by atoms with van der Waals surface area (Å²) in [7, 11) is 0. The van der Waals surface area contributed by atoms with Crippen LogP contribution in [0.25, 0.3) is 0 Å². The lowest BCUT2D eigenvalue weighted by Gasteiger charge is -2.26. The number of aliphatic hydroxyl groups is 6. The highest BCUT2D eigenvalue weighted by molar-refractivity contribution is 6.19. The fourth-order valence-electron chi connectivity index (χ4n) is 0.700. The van der Waals surface area contributed by atoms with Crippen LogP contribution in [-0.4, -0.2) is 67.2 Å². The summed E-state index contributed by atoms with van der Waals surface area (Å²) < 4.78 is 0. The molecule has 7 heteroatoms. The Hall–Kier alpha value is 0.0500. The molecule has 6 nitrogen and oxygen atoms in total. The number of rotatable bonds is 5. The molecular formula is C6H13ClO6. The van der Waals surface area contributed by atoms with E-state index in [1.165, 1.54) is 0 Å². The summed E-state index contributed by atoms with van der Waals surface area (Å²) >= 11 is 5.01. The molecule has 0 radical (unpaired) electrons. The first kappa shape index (κ1) is 13.1. The van der Waals surface area contributed by atoms with Crippen molar-refractivity contribution >= 4 is 11.6 Å². The minimum atomic E-state index is -1.82. The van der Waals surface area contributed by atoms with Gasteiger partial charge >= 0.3 is 0 Å². The summed E-state index contributed by atoms with van der Waals surface area (Å²) in [6.07, 6.45) is -6.99. The quantitative estimate of drug-likeness (QED) is 0.272. The molecule has 0 aromatic rings. The number of halogens is 1. The van der Waals surface area contributed by atoms with Crippen LogP contribution < -0.4 is 0 Å². The summed E-state index contributed by atoms with van der Waals surface area (Å²) in [4.78, 5) is 0. The lowest BCUT2D eigenvalue weighted by Crippen LogP contribution is -2.48. The molecule has 0 rings (SSSR count). The van der Waals surface area contributed by atoms with Gasteiger partial charge in [0.25, 0.3) is 0 Å². The van der Waals surface area contributed by atoms with Gasteiger partial charge in [-0.3, -0.25) is 0 Å². The maximum Gasteiger partial charge on any atom is 0.156 e. The van der Waals surface area contributed by atoms with E-state index in [1.54, 1.807) is 0 Å². The van der Waals surface area contributed by atoms with Gasteiger partial charge in [-0.15, -0.1) is 0 Å². The zero-order chi connectivity index (χ0) is 10.6. The highest BCUT2D eigenvalue weighted by Crippen LogP contribution is 2.10. The molecule has 1 unspecified atom stereocenters. The van der Waals surface area contributed by atoms with Gasteiger partial charge in [0.1, 0.15) is 24.4 Å². The number of alkyl halides is 1. The molecule has 5 atom stereocenters. The fraction of sp³-hybridized carbons (Fsp3) is 1.00. The standard InChI is InChI=1S/C6H13ClO6/c7-6(13)5(12)4(11)3(10)2(9)1-8/h2-6,8-13H,1H2/t2-,3+,4+,5+,6?/m0/s1. The summed E-state index contributed by atoms with van der Waals surface area (Å²) in [5, 5.41) is 52.8. The summed E-state index contributed by atoms with van der Waals surface area (Å²) in [5.41, 5.74) is -1.75. The Bertz CT molecular complexity index is 143. The highest BCUT2D eigenvalue weighted by atomic mass is 35.5. The zero-order valence-electron chi connectivity index (χ0n) is 6.66. The Balaban J connectivity index is 4.15. The Morgan fingerprint density at radius 3 is 1.62 bits per heavy atom. The SMILES string of the molecule is OC[C@H](O)[C@@H](O)[C@@H](O)[C@@H](O)C(O)Cl. The number of hydrogen-bond acceptors (Lipinski definition) is 6. The van der Waals surface area contributed by atoms with Crippen molar-refractivity contribution in [1.29, 1.82) is 0 Å². The van der Waals surface area contributed by atoms with Crippen LogP contribution in [-0.2, 0) is 0 Å². The molecule has 6 N–H and O–H groups in total. The number of hydrogen-bond donors (Lipinski definition) is 6. The monoisotopic (exact) mass is 216 g/mol. The van der Waals surface area contributed by atoms with E-state index in [0.717, 1.165) is 0 Å². The van der Waals surface area contributed by atoms with Crippen molar-refractivity contribution in [3.63, 3.8) is 0 Å². The van der Waals surface area contributed by atoms with Crippen molar-refractivity contribution in [2.24, 2.45) is 0 Å². The second-order valence-corrected chi connectivity index (χ2v) is 3.04. The van der Waals surface area contributed by atoms with Gasteiger partial charge in [-0.05, 0) is 0 Å². The fourth-order valence-corrected chi connectivity index (χ4v) is 0.849. The first-order chi connectivity index (χ1) is 5.91. The molecule has 0 aliphatic rings. The van der Waals surface area contributed by atoms with Gasteiger partial charge < -0.3 is 30.6 Å². The molecule has 0 aliphatic carbocycles. The largest absolute Gasteiger partial charge is 0.394 e. The van der Waals surface area contributed by atoms with E-state index in [4.69, 9.17) is 42.2 Å². The van der Waals surface area contributed by atoms with Crippen molar-refractivity contribution < 1.29 is 30.6 Å². The van der Waals surface area contributed by atoms with Crippen molar-refractivity contribution in [2.45, 2.75) is 30.0 Å². The minimum Gasteiger partial charge on any atom is -0.394 e. The lowest BCUT2D eigenvalue weighted by atomic mass is 10.0. The number of aliphatic hydroxyl groups excluding tert-OH is 6. The molecule has 0 aliphatic heterocycles. The molecule has 13 heavy (non-hydrogen) atoms. The average molecular weight is 217 g/mol. The van der Waals surface area contributed by atoms with Gasteiger partial charge in [-0.2, -0.15) is 0 Å².